The predicted octanol–water partition coefficient (Wildman–Crippen LogP) is 1.73. The zero-order chi connectivity index (χ0) is 19.1. The van der Waals surface area contributed by atoms with Crippen molar-refractivity contribution in [3.8, 4) is 0 Å². The van der Waals surface area contributed by atoms with E-state index >= 15 is 0 Å². The van der Waals surface area contributed by atoms with Crippen LogP contribution in [-0.2, 0) is 27.8 Å². The minimum atomic E-state index is -3.61. The number of fused-ring (bicyclic) bond motifs is 1. The summed E-state index contributed by atoms with van der Waals surface area (Å²) in [4.78, 5) is 14.7. The number of anilines is 1. The number of nitrogens with zero attached hydrogens (tertiary/aromatic N) is 4. The minimum Gasteiger partial charge on any atom is -0.310 e. The van der Waals surface area contributed by atoms with Crippen LogP contribution in [0.1, 0.15) is 23.9 Å². The Morgan fingerprint density at radius 2 is 1.96 bits per heavy atom. The normalized spacial score (nSPS) is 14.1. The number of carbonyl (C=O) groups excluding carboxylic acids is 1. The first kappa shape index (κ1) is 18.6. The van der Waals surface area contributed by atoms with Gasteiger partial charge >= 0.3 is 0 Å². The van der Waals surface area contributed by atoms with Crippen molar-refractivity contribution in [1.82, 2.24) is 14.1 Å². The van der Waals surface area contributed by atoms with Crippen LogP contribution < -0.4 is 4.90 Å². The van der Waals surface area contributed by atoms with Crippen LogP contribution in [0.5, 0.6) is 0 Å². The van der Waals surface area contributed by atoms with Crippen LogP contribution >= 0.6 is 0 Å². The summed E-state index contributed by atoms with van der Waals surface area (Å²) < 4.78 is 28.2. The molecule has 0 saturated carbocycles. The summed E-state index contributed by atoms with van der Waals surface area (Å²) in [6, 6.07) is 7.85. The fourth-order valence-electron chi connectivity index (χ4n) is 3.34. The summed E-state index contributed by atoms with van der Waals surface area (Å²) in [5.74, 6) is -0.0895. The number of aromatic nitrogens is 2. The standard InChI is InChI=1S/C18H24N4O3S/c1-5-20(4)26(24,25)18-13(2)19-22(14(18)3)12-17(23)21-11-10-15-8-6-7-9-16(15)21/h6-9H,5,10-12H2,1-4H3. The molecule has 0 atom stereocenters. The van der Waals surface area contributed by atoms with E-state index in [2.05, 4.69) is 5.10 Å². The number of sulfonamides is 1. The second-order valence-electron chi connectivity index (χ2n) is 6.50. The van der Waals surface area contributed by atoms with Gasteiger partial charge < -0.3 is 4.90 Å². The third-order valence-corrected chi connectivity index (χ3v) is 7.09. The molecule has 1 amide bonds. The Bertz CT molecular complexity index is 949. The van der Waals surface area contributed by atoms with Crippen LogP contribution in [0.3, 0.4) is 0 Å². The van der Waals surface area contributed by atoms with Crippen LogP contribution in [0.15, 0.2) is 29.2 Å². The van der Waals surface area contributed by atoms with Crippen molar-refractivity contribution in [3.63, 3.8) is 0 Å². The number of hydrogen-bond donors (Lipinski definition) is 0. The van der Waals surface area contributed by atoms with Gasteiger partial charge in [0.1, 0.15) is 11.4 Å². The molecule has 1 aromatic heterocycles. The molecule has 0 N–H and O–H groups in total. The van der Waals surface area contributed by atoms with Crippen molar-refractivity contribution in [2.24, 2.45) is 0 Å². The number of aryl methyl sites for hydroxylation is 1. The van der Waals surface area contributed by atoms with Gasteiger partial charge in [-0.1, -0.05) is 25.1 Å². The molecule has 1 aliphatic rings. The minimum absolute atomic E-state index is 0.0202. The molecular formula is C18H24N4O3S. The fourth-order valence-corrected chi connectivity index (χ4v) is 4.89. The zero-order valence-electron chi connectivity index (χ0n) is 15.6. The topological polar surface area (TPSA) is 75.5 Å². The summed E-state index contributed by atoms with van der Waals surface area (Å²) in [7, 11) is -2.07. The van der Waals surface area contributed by atoms with Crippen LogP contribution in [0, 0.1) is 13.8 Å². The second kappa shape index (κ2) is 6.85. The zero-order valence-corrected chi connectivity index (χ0v) is 16.4. The molecule has 0 spiro atoms. The van der Waals surface area contributed by atoms with Crippen molar-refractivity contribution in [2.75, 3.05) is 25.0 Å². The predicted molar refractivity (Wildman–Crippen MR) is 99.7 cm³/mol. The molecule has 7 nitrogen and oxygen atoms in total. The Labute approximate surface area is 154 Å². The molecule has 0 saturated heterocycles. The highest BCUT2D eigenvalue weighted by Crippen LogP contribution is 2.28. The summed E-state index contributed by atoms with van der Waals surface area (Å²) in [5, 5.41) is 4.32. The molecule has 0 unspecified atom stereocenters. The molecule has 2 heterocycles. The third kappa shape index (κ3) is 3.03. The number of para-hydroxylation sites is 1. The van der Waals surface area contributed by atoms with E-state index in [1.165, 1.54) is 16.0 Å². The molecule has 1 aromatic carbocycles. The molecule has 8 heteroatoms. The second-order valence-corrected chi connectivity index (χ2v) is 8.48. The third-order valence-electron chi connectivity index (χ3n) is 4.90. The van der Waals surface area contributed by atoms with Crippen molar-refractivity contribution >= 4 is 21.6 Å². The van der Waals surface area contributed by atoms with Gasteiger partial charge in [0.2, 0.25) is 15.9 Å². The Kier molecular flexibility index (Phi) is 4.90. The molecule has 3 rings (SSSR count). The van der Waals surface area contributed by atoms with Gasteiger partial charge in [0.05, 0.1) is 11.4 Å². The van der Waals surface area contributed by atoms with Gasteiger partial charge in [-0.15, -0.1) is 0 Å². The van der Waals surface area contributed by atoms with Gasteiger partial charge in [0, 0.05) is 25.8 Å². The van der Waals surface area contributed by atoms with Crippen molar-refractivity contribution in [2.45, 2.75) is 38.6 Å². The molecule has 140 valence electrons. The molecular weight excluding hydrogens is 352 g/mol. The summed E-state index contributed by atoms with van der Waals surface area (Å²) in [5.41, 5.74) is 2.99. The molecule has 0 bridgehead atoms. The fraction of sp³-hybridized carbons (Fsp3) is 0.444. The van der Waals surface area contributed by atoms with Gasteiger partial charge in [-0.25, -0.2) is 12.7 Å². The first-order valence-corrected chi connectivity index (χ1v) is 10.1. The quantitative estimate of drug-likeness (QED) is 0.796. The largest absolute Gasteiger partial charge is 0.310 e. The van der Waals surface area contributed by atoms with E-state index < -0.39 is 10.0 Å². The smallest absolute Gasteiger partial charge is 0.248 e. The van der Waals surface area contributed by atoms with E-state index in [-0.39, 0.29) is 17.3 Å². The number of hydrogen-bond acceptors (Lipinski definition) is 4. The van der Waals surface area contributed by atoms with Gasteiger partial charge in [-0.2, -0.15) is 5.10 Å². The maximum Gasteiger partial charge on any atom is 0.248 e. The van der Waals surface area contributed by atoms with Crippen LogP contribution in [-0.4, -0.2) is 48.5 Å². The first-order valence-electron chi connectivity index (χ1n) is 8.66. The highest BCUT2D eigenvalue weighted by Gasteiger charge is 2.30. The van der Waals surface area contributed by atoms with Gasteiger partial charge in [-0.05, 0) is 31.9 Å². The number of amides is 1. The highest BCUT2D eigenvalue weighted by molar-refractivity contribution is 7.89. The van der Waals surface area contributed by atoms with Gasteiger partial charge in [-0.3, -0.25) is 9.48 Å². The van der Waals surface area contributed by atoms with Crippen molar-refractivity contribution < 1.29 is 13.2 Å². The maximum absolute atomic E-state index is 12.8. The number of rotatable bonds is 5. The lowest BCUT2D eigenvalue weighted by Crippen LogP contribution is -2.33. The summed E-state index contributed by atoms with van der Waals surface area (Å²) >= 11 is 0. The molecule has 0 aliphatic carbocycles. The lowest BCUT2D eigenvalue weighted by atomic mass is 10.2. The van der Waals surface area contributed by atoms with Gasteiger partial charge in [0.25, 0.3) is 0 Å². The average molecular weight is 376 g/mol. The number of benzene rings is 1. The van der Waals surface area contributed by atoms with E-state index in [1.54, 1.807) is 25.7 Å². The molecule has 2 aromatic rings. The van der Waals surface area contributed by atoms with Crippen LogP contribution in [0.2, 0.25) is 0 Å². The summed E-state index contributed by atoms with van der Waals surface area (Å²) in [6.07, 6.45) is 0.833. The van der Waals surface area contributed by atoms with E-state index in [0.29, 0.717) is 24.5 Å². The van der Waals surface area contributed by atoms with Gasteiger partial charge in [0.15, 0.2) is 0 Å². The Morgan fingerprint density at radius 3 is 2.65 bits per heavy atom. The van der Waals surface area contributed by atoms with E-state index in [9.17, 15) is 13.2 Å². The molecule has 0 fully saturated rings. The Balaban J connectivity index is 1.88. The molecule has 26 heavy (non-hydrogen) atoms. The SMILES string of the molecule is CCN(C)S(=O)(=O)c1c(C)nn(CC(=O)N2CCc3ccccc32)c1C. The number of carbonyl (C=O) groups is 1. The van der Waals surface area contributed by atoms with E-state index in [1.807, 2.05) is 24.3 Å². The van der Waals surface area contributed by atoms with E-state index in [0.717, 1.165) is 17.7 Å². The molecule has 1 aliphatic heterocycles. The summed E-state index contributed by atoms with van der Waals surface area (Å²) in [6.45, 7) is 6.17. The van der Waals surface area contributed by atoms with Crippen molar-refractivity contribution in [1.29, 1.82) is 0 Å². The maximum atomic E-state index is 12.8. The lowest BCUT2D eigenvalue weighted by molar-refractivity contribution is -0.119. The Morgan fingerprint density at radius 1 is 1.27 bits per heavy atom. The lowest BCUT2D eigenvalue weighted by Gasteiger charge is -2.18. The highest BCUT2D eigenvalue weighted by atomic mass is 32.2. The van der Waals surface area contributed by atoms with E-state index in [4.69, 9.17) is 0 Å². The first-order chi connectivity index (χ1) is 12.3. The Hall–Kier alpha value is -2.19. The van der Waals surface area contributed by atoms with Crippen molar-refractivity contribution in [3.05, 3.63) is 41.2 Å². The van der Waals surface area contributed by atoms with Crippen LogP contribution in [0.4, 0.5) is 5.69 Å². The van der Waals surface area contributed by atoms with Crippen LogP contribution in [0.25, 0.3) is 0 Å². The molecule has 0 radical (unpaired) electrons. The monoisotopic (exact) mass is 376 g/mol. The average Bonchev–Trinajstić information content (AvgIpc) is 3.15.